The quantitative estimate of drug-likeness (QED) is 0.308. The lowest BCUT2D eigenvalue weighted by Crippen LogP contribution is -2.50. The van der Waals surface area contributed by atoms with Crippen molar-refractivity contribution in [3.63, 3.8) is 0 Å². The number of rotatable bonds is 7. The fraction of sp³-hybridized carbons (Fsp3) is 0.323. The summed E-state index contributed by atoms with van der Waals surface area (Å²) in [5, 5.41) is 18.1. The number of nitrogens with one attached hydrogen (secondary N) is 3. The van der Waals surface area contributed by atoms with Gasteiger partial charge >= 0.3 is 12.1 Å². The van der Waals surface area contributed by atoms with Gasteiger partial charge in [-0.1, -0.05) is 13.0 Å². The first kappa shape index (κ1) is 30.4. The number of fused-ring (bicyclic) bond motifs is 2. The average molecular weight is 608 g/mol. The number of anilines is 3. The second kappa shape index (κ2) is 13.1. The van der Waals surface area contributed by atoms with Gasteiger partial charge in [-0.2, -0.15) is 0 Å². The number of para-hydroxylation sites is 1. The van der Waals surface area contributed by atoms with E-state index < -0.39 is 30.0 Å². The van der Waals surface area contributed by atoms with Crippen molar-refractivity contribution in [1.29, 1.82) is 0 Å². The van der Waals surface area contributed by atoms with Crippen molar-refractivity contribution in [2.75, 3.05) is 49.5 Å². The van der Waals surface area contributed by atoms with Crippen molar-refractivity contribution in [1.82, 2.24) is 9.80 Å². The number of carbonyl (C=O) groups is 3. The highest BCUT2D eigenvalue weighted by molar-refractivity contribution is 6.04. The highest BCUT2D eigenvalue weighted by atomic mass is 19.1. The molecular formula is C31H34FN5O7. The molecule has 0 unspecified atom stereocenters. The molecule has 13 heteroatoms. The van der Waals surface area contributed by atoms with Gasteiger partial charge in [-0.25, -0.2) is 14.0 Å². The topological polar surface area (TPSA) is 142 Å². The third-order valence-electron chi connectivity index (χ3n) is 7.47. The molecule has 0 fully saturated rings. The Hall–Kier alpha value is -5.04. The summed E-state index contributed by atoms with van der Waals surface area (Å²) < 4.78 is 30.5. The molecule has 2 heterocycles. The van der Waals surface area contributed by atoms with Gasteiger partial charge in [0, 0.05) is 37.0 Å². The number of aliphatic hydroxyl groups is 1. The summed E-state index contributed by atoms with van der Waals surface area (Å²) >= 11 is 0. The molecule has 2 aliphatic heterocycles. The third kappa shape index (κ3) is 6.78. The minimum absolute atomic E-state index is 0.115. The predicted octanol–water partition coefficient (Wildman–Crippen LogP) is 4.58. The van der Waals surface area contributed by atoms with Crippen LogP contribution in [0.3, 0.4) is 0 Å². The maximum absolute atomic E-state index is 13.7. The lowest BCUT2D eigenvalue weighted by Gasteiger charge is -2.38. The summed E-state index contributed by atoms with van der Waals surface area (Å²) in [5.74, 6) is 0.155. The first-order valence-electron chi connectivity index (χ1n) is 14.1. The number of aliphatic hydroxyl groups excluding tert-OH is 1. The van der Waals surface area contributed by atoms with E-state index in [0.29, 0.717) is 22.9 Å². The zero-order chi connectivity index (χ0) is 31.4. The Labute approximate surface area is 253 Å². The first-order valence-corrected chi connectivity index (χ1v) is 14.1. The minimum atomic E-state index is -0.631. The van der Waals surface area contributed by atoms with Gasteiger partial charge in [0.2, 0.25) is 6.79 Å². The van der Waals surface area contributed by atoms with Gasteiger partial charge in [0.25, 0.3) is 5.91 Å². The van der Waals surface area contributed by atoms with Crippen LogP contribution in [0.1, 0.15) is 24.2 Å². The summed E-state index contributed by atoms with van der Waals surface area (Å²) in [6, 6.07) is 13.6. The Balaban J connectivity index is 1.38. The molecule has 232 valence electrons. The van der Waals surface area contributed by atoms with Crippen LogP contribution in [0, 0.1) is 11.7 Å². The van der Waals surface area contributed by atoms with E-state index in [1.54, 1.807) is 55.3 Å². The first-order chi connectivity index (χ1) is 21.1. The second-order valence-electron chi connectivity index (χ2n) is 10.8. The number of carbonyl (C=O) groups excluding carboxylic acids is 3. The van der Waals surface area contributed by atoms with Crippen LogP contribution in [0.4, 0.5) is 31.0 Å². The molecule has 0 aliphatic carbocycles. The zero-order valence-electron chi connectivity index (χ0n) is 24.5. The molecule has 12 nitrogen and oxygen atoms in total. The highest BCUT2D eigenvalue weighted by Gasteiger charge is 2.35. The van der Waals surface area contributed by atoms with Crippen LogP contribution in [0.2, 0.25) is 0 Å². The number of hydrogen-bond acceptors (Lipinski definition) is 7. The normalized spacial score (nSPS) is 17.8. The Kier molecular flexibility index (Phi) is 9.04. The molecule has 4 N–H and O–H groups in total. The van der Waals surface area contributed by atoms with Gasteiger partial charge in [-0.15, -0.1) is 0 Å². The molecule has 0 bridgehead atoms. The van der Waals surface area contributed by atoms with Gasteiger partial charge < -0.3 is 45.1 Å². The number of urea groups is 2. The third-order valence-corrected chi connectivity index (χ3v) is 7.47. The van der Waals surface area contributed by atoms with Crippen molar-refractivity contribution >= 4 is 35.0 Å². The number of amides is 5. The smallest absolute Gasteiger partial charge is 0.323 e. The summed E-state index contributed by atoms with van der Waals surface area (Å²) in [6.07, 6.45) is -0.620. The molecule has 5 amide bonds. The van der Waals surface area contributed by atoms with E-state index in [1.165, 1.54) is 29.2 Å². The van der Waals surface area contributed by atoms with Gasteiger partial charge in [0.1, 0.15) is 11.9 Å². The van der Waals surface area contributed by atoms with E-state index in [0.717, 1.165) is 0 Å². The minimum Gasteiger partial charge on any atom is -0.485 e. The van der Waals surface area contributed by atoms with Gasteiger partial charge in [0.05, 0.1) is 30.4 Å². The molecule has 5 rings (SSSR count). The van der Waals surface area contributed by atoms with Crippen LogP contribution in [0.25, 0.3) is 0 Å². The second-order valence-corrected chi connectivity index (χ2v) is 10.8. The predicted molar refractivity (Wildman–Crippen MR) is 161 cm³/mol. The van der Waals surface area contributed by atoms with Crippen molar-refractivity contribution in [3.8, 4) is 17.2 Å². The maximum atomic E-state index is 13.7. The molecule has 44 heavy (non-hydrogen) atoms. The zero-order valence-corrected chi connectivity index (χ0v) is 24.5. The average Bonchev–Trinajstić information content (AvgIpc) is 3.48. The molecule has 0 saturated carbocycles. The van der Waals surface area contributed by atoms with E-state index in [9.17, 15) is 23.9 Å². The van der Waals surface area contributed by atoms with Crippen LogP contribution in [0.5, 0.6) is 17.2 Å². The molecule has 3 aromatic carbocycles. The van der Waals surface area contributed by atoms with Crippen molar-refractivity contribution in [2.24, 2.45) is 5.92 Å². The Morgan fingerprint density at radius 2 is 1.77 bits per heavy atom. The van der Waals surface area contributed by atoms with Gasteiger partial charge in [-0.3, -0.25) is 4.79 Å². The van der Waals surface area contributed by atoms with E-state index >= 15 is 0 Å². The lowest BCUT2D eigenvalue weighted by atomic mass is 9.99. The summed E-state index contributed by atoms with van der Waals surface area (Å²) in [7, 11) is 1.62. The van der Waals surface area contributed by atoms with E-state index in [2.05, 4.69) is 16.0 Å². The fourth-order valence-electron chi connectivity index (χ4n) is 4.92. The largest absolute Gasteiger partial charge is 0.485 e. The summed E-state index contributed by atoms with van der Waals surface area (Å²) in [6.45, 7) is 3.87. The fourth-order valence-corrected chi connectivity index (χ4v) is 4.92. The monoisotopic (exact) mass is 607 g/mol. The molecule has 0 saturated heterocycles. The maximum Gasteiger partial charge on any atom is 0.323 e. The Bertz CT molecular complexity index is 1540. The van der Waals surface area contributed by atoms with Gasteiger partial charge in [0.15, 0.2) is 17.2 Å². The molecule has 2 aliphatic rings. The molecule has 0 radical (unpaired) electrons. The molecular weight excluding hydrogens is 573 g/mol. The summed E-state index contributed by atoms with van der Waals surface area (Å²) in [4.78, 5) is 42.8. The van der Waals surface area contributed by atoms with Crippen molar-refractivity contribution in [2.45, 2.75) is 26.0 Å². The number of likely N-dealkylation sites (N-methyl/N-ethyl adjacent to an activating group) is 1. The molecule has 3 aromatic rings. The summed E-state index contributed by atoms with van der Waals surface area (Å²) in [5.41, 5.74) is 1.30. The number of hydrogen-bond donors (Lipinski definition) is 4. The van der Waals surface area contributed by atoms with E-state index in [1.807, 2.05) is 6.92 Å². The molecule has 0 aromatic heterocycles. The number of ether oxygens (including phenoxy) is 3. The van der Waals surface area contributed by atoms with Crippen LogP contribution in [-0.4, -0.2) is 78.6 Å². The lowest BCUT2D eigenvalue weighted by molar-refractivity contribution is 0.0373. The van der Waals surface area contributed by atoms with Crippen LogP contribution >= 0.6 is 0 Å². The molecule has 3 atom stereocenters. The standard InChI is InChI=1S/C31H34FN5O7/c1-18-14-37(19(2)16-38)29(39)23-5-4-6-24(35-30(40)33-21-9-7-20(32)8-10-21)28(23)44-27(18)15-36(3)31(41)34-22-11-12-25-26(13-22)43-17-42-25/h4-13,18-19,27,38H,14-17H2,1-3H3,(H,34,41)(H2,33,35,40)/t18-,19-,27+/m0/s1. The van der Waals surface area contributed by atoms with Crippen LogP contribution in [-0.2, 0) is 0 Å². The van der Waals surface area contributed by atoms with Crippen LogP contribution < -0.4 is 30.2 Å². The highest BCUT2D eigenvalue weighted by Crippen LogP contribution is 2.36. The van der Waals surface area contributed by atoms with E-state index in [-0.39, 0.29) is 55.3 Å². The number of benzene rings is 3. The number of halogens is 1. The van der Waals surface area contributed by atoms with Gasteiger partial charge in [-0.05, 0) is 55.5 Å². The Morgan fingerprint density at radius 1 is 1.05 bits per heavy atom. The van der Waals surface area contributed by atoms with Crippen molar-refractivity contribution < 1.29 is 38.1 Å². The van der Waals surface area contributed by atoms with E-state index in [4.69, 9.17) is 14.2 Å². The molecule has 0 spiro atoms. The number of nitrogens with zero attached hydrogens (tertiary/aromatic N) is 2. The van der Waals surface area contributed by atoms with Crippen LogP contribution in [0.15, 0.2) is 60.7 Å². The van der Waals surface area contributed by atoms with Crippen molar-refractivity contribution in [3.05, 3.63) is 72.0 Å². The Morgan fingerprint density at radius 3 is 2.52 bits per heavy atom. The SMILES string of the molecule is C[C@H]1CN([C@@H](C)CO)C(=O)c2cccc(NC(=O)Nc3ccc(F)cc3)c2O[C@@H]1CN(C)C(=O)Nc1ccc2c(c1)OCO2.